The Kier molecular flexibility index (Phi) is 5.15. The average molecular weight is 303 g/mol. The number of nitrogens with one attached hydrogen (secondary N) is 1. The fourth-order valence-electron chi connectivity index (χ4n) is 2.27. The van der Waals surface area contributed by atoms with E-state index in [-0.39, 0.29) is 11.8 Å². The van der Waals surface area contributed by atoms with Crippen molar-refractivity contribution < 1.29 is 8.42 Å². The molecule has 0 aliphatic carbocycles. The molecule has 1 atom stereocenters. The van der Waals surface area contributed by atoms with Gasteiger partial charge in [-0.15, -0.1) is 0 Å². The molecular weight excluding hydrogens is 282 g/mol. The van der Waals surface area contributed by atoms with Crippen LogP contribution in [0.3, 0.4) is 0 Å². The van der Waals surface area contributed by atoms with Gasteiger partial charge in [-0.1, -0.05) is 55.0 Å². The smallest absolute Gasteiger partial charge is 0.180 e. The van der Waals surface area contributed by atoms with Crippen molar-refractivity contribution >= 4 is 9.84 Å². The van der Waals surface area contributed by atoms with E-state index >= 15 is 0 Å². The number of sulfone groups is 1. The SMILES string of the molecule is CCNC(CS(=O)(=O)c1ccc(C)cc1)c1ccccc1. The molecule has 3 nitrogen and oxygen atoms in total. The zero-order valence-corrected chi connectivity index (χ0v) is 13.2. The molecule has 0 aromatic heterocycles. The largest absolute Gasteiger partial charge is 0.309 e. The molecule has 1 unspecified atom stereocenters. The van der Waals surface area contributed by atoms with Crippen LogP contribution in [0.15, 0.2) is 59.5 Å². The zero-order chi connectivity index (χ0) is 15.3. The third-order valence-corrected chi connectivity index (χ3v) is 5.18. The molecule has 21 heavy (non-hydrogen) atoms. The van der Waals surface area contributed by atoms with Crippen molar-refractivity contribution in [2.45, 2.75) is 24.8 Å². The van der Waals surface area contributed by atoms with Crippen molar-refractivity contribution in [3.8, 4) is 0 Å². The lowest BCUT2D eigenvalue weighted by Gasteiger charge is -2.18. The highest BCUT2D eigenvalue weighted by molar-refractivity contribution is 7.91. The van der Waals surface area contributed by atoms with Crippen molar-refractivity contribution in [2.75, 3.05) is 12.3 Å². The molecule has 1 N–H and O–H groups in total. The van der Waals surface area contributed by atoms with Crippen LogP contribution in [0.25, 0.3) is 0 Å². The third kappa shape index (κ3) is 4.16. The molecule has 2 aromatic rings. The van der Waals surface area contributed by atoms with Crippen LogP contribution in [0.2, 0.25) is 0 Å². The van der Waals surface area contributed by atoms with Gasteiger partial charge in [-0.2, -0.15) is 0 Å². The maximum Gasteiger partial charge on any atom is 0.180 e. The molecule has 0 saturated carbocycles. The summed E-state index contributed by atoms with van der Waals surface area (Å²) in [5, 5.41) is 3.26. The van der Waals surface area contributed by atoms with Gasteiger partial charge >= 0.3 is 0 Å². The van der Waals surface area contributed by atoms with Gasteiger partial charge in [0.1, 0.15) is 0 Å². The van der Waals surface area contributed by atoms with E-state index < -0.39 is 9.84 Å². The second-order valence-corrected chi connectivity index (χ2v) is 7.15. The van der Waals surface area contributed by atoms with Crippen LogP contribution in [-0.4, -0.2) is 20.7 Å². The summed E-state index contributed by atoms with van der Waals surface area (Å²) in [6.45, 7) is 4.65. The van der Waals surface area contributed by atoms with Gasteiger partial charge < -0.3 is 5.32 Å². The molecular formula is C17H21NO2S. The van der Waals surface area contributed by atoms with E-state index in [0.29, 0.717) is 4.90 Å². The maximum absolute atomic E-state index is 12.6. The van der Waals surface area contributed by atoms with Crippen LogP contribution in [0.1, 0.15) is 24.1 Å². The van der Waals surface area contributed by atoms with Gasteiger partial charge in [0.15, 0.2) is 9.84 Å². The van der Waals surface area contributed by atoms with E-state index in [2.05, 4.69) is 5.32 Å². The summed E-state index contributed by atoms with van der Waals surface area (Å²) in [5.41, 5.74) is 2.05. The third-order valence-electron chi connectivity index (χ3n) is 3.42. The van der Waals surface area contributed by atoms with E-state index in [0.717, 1.165) is 17.7 Å². The standard InChI is InChI=1S/C17H21NO2S/c1-3-18-17(15-7-5-4-6-8-15)13-21(19,20)16-11-9-14(2)10-12-16/h4-12,17-18H,3,13H2,1-2H3. The lowest BCUT2D eigenvalue weighted by molar-refractivity contribution is 0.559. The Morgan fingerprint density at radius 3 is 2.19 bits per heavy atom. The van der Waals surface area contributed by atoms with Crippen molar-refractivity contribution in [1.82, 2.24) is 5.32 Å². The highest BCUT2D eigenvalue weighted by atomic mass is 32.2. The molecule has 0 bridgehead atoms. The minimum atomic E-state index is -3.31. The minimum absolute atomic E-state index is 0.0634. The van der Waals surface area contributed by atoms with Crippen molar-refractivity contribution in [2.24, 2.45) is 0 Å². The first-order chi connectivity index (χ1) is 10.0. The Balaban J connectivity index is 2.25. The van der Waals surface area contributed by atoms with Crippen LogP contribution in [0.5, 0.6) is 0 Å². The molecule has 0 aliphatic heterocycles. The second-order valence-electron chi connectivity index (χ2n) is 5.12. The Morgan fingerprint density at radius 1 is 1.00 bits per heavy atom. The molecule has 0 spiro atoms. The van der Waals surface area contributed by atoms with Crippen LogP contribution in [-0.2, 0) is 9.84 Å². The molecule has 0 amide bonds. The van der Waals surface area contributed by atoms with Gasteiger partial charge in [0.2, 0.25) is 0 Å². The van der Waals surface area contributed by atoms with E-state index in [4.69, 9.17) is 0 Å². The number of rotatable bonds is 6. The van der Waals surface area contributed by atoms with Gasteiger partial charge in [-0.25, -0.2) is 8.42 Å². The van der Waals surface area contributed by atoms with Crippen molar-refractivity contribution in [3.05, 3.63) is 65.7 Å². The molecule has 0 fully saturated rings. The minimum Gasteiger partial charge on any atom is -0.309 e. The molecule has 112 valence electrons. The summed E-state index contributed by atoms with van der Waals surface area (Å²) in [4.78, 5) is 0.381. The van der Waals surface area contributed by atoms with Gasteiger partial charge in [0.05, 0.1) is 10.6 Å². The van der Waals surface area contributed by atoms with Gasteiger partial charge in [-0.3, -0.25) is 0 Å². The van der Waals surface area contributed by atoms with E-state index in [1.54, 1.807) is 12.1 Å². The average Bonchev–Trinajstić information content (AvgIpc) is 2.48. The van der Waals surface area contributed by atoms with Gasteiger partial charge in [0, 0.05) is 6.04 Å². The first kappa shape index (κ1) is 15.7. The summed E-state index contributed by atoms with van der Waals surface area (Å²) in [6, 6.07) is 16.5. The number of hydrogen-bond donors (Lipinski definition) is 1. The normalized spacial score (nSPS) is 13.0. The fraction of sp³-hybridized carbons (Fsp3) is 0.294. The summed E-state index contributed by atoms with van der Waals surface area (Å²) in [5.74, 6) is 0.0634. The summed E-state index contributed by atoms with van der Waals surface area (Å²) >= 11 is 0. The van der Waals surface area contributed by atoms with E-state index in [9.17, 15) is 8.42 Å². The Morgan fingerprint density at radius 2 is 1.62 bits per heavy atom. The fourth-order valence-corrected chi connectivity index (χ4v) is 3.76. The highest BCUT2D eigenvalue weighted by Gasteiger charge is 2.21. The van der Waals surface area contributed by atoms with Crippen LogP contribution in [0.4, 0.5) is 0 Å². The molecule has 0 saturated heterocycles. The number of benzene rings is 2. The van der Waals surface area contributed by atoms with Gasteiger partial charge in [0.25, 0.3) is 0 Å². The highest BCUT2D eigenvalue weighted by Crippen LogP contribution is 2.20. The second kappa shape index (κ2) is 6.87. The summed E-state index contributed by atoms with van der Waals surface area (Å²) in [7, 11) is -3.31. The summed E-state index contributed by atoms with van der Waals surface area (Å²) < 4.78 is 25.1. The molecule has 0 aliphatic rings. The predicted octanol–water partition coefficient (Wildman–Crippen LogP) is 3.12. The summed E-state index contributed by atoms with van der Waals surface area (Å²) in [6.07, 6.45) is 0. The van der Waals surface area contributed by atoms with Crippen LogP contribution in [0, 0.1) is 6.92 Å². The lowest BCUT2D eigenvalue weighted by Crippen LogP contribution is -2.28. The van der Waals surface area contributed by atoms with Crippen LogP contribution < -0.4 is 5.32 Å². The van der Waals surface area contributed by atoms with E-state index in [1.807, 2.05) is 56.3 Å². The quantitative estimate of drug-likeness (QED) is 0.892. The molecule has 0 heterocycles. The first-order valence-electron chi connectivity index (χ1n) is 7.10. The molecule has 0 radical (unpaired) electrons. The Labute approximate surface area is 126 Å². The zero-order valence-electron chi connectivity index (χ0n) is 12.4. The topological polar surface area (TPSA) is 46.2 Å². The Hall–Kier alpha value is -1.65. The number of aryl methyl sites for hydroxylation is 1. The molecule has 2 aromatic carbocycles. The predicted molar refractivity (Wildman–Crippen MR) is 86.1 cm³/mol. The molecule has 4 heteroatoms. The van der Waals surface area contributed by atoms with Crippen molar-refractivity contribution in [1.29, 1.82) is 0 Å². The first-order valence-corrected chi connectivity index (χ1v) is 8.76. The van der Waals surface area contributed by atoms with E-state index in [1.165, 1.54) is 0 Å². The Bertz CT molecular complexity index is 664. The maximum atomic E-state index is 12.6. The lowest BCUT2D eigenvalue weighted by atomic mass is 10.1. The van der Waals surface area contributed by atoms with Crippen molar-refractivity contribution in [3.63, 3.8) is 0 Å². The monoisotopic (exact) mass is 303 g/mol. The molecule has 2 rings (SSSR count). The van der Waals surface area contributed by atoms with Crippen LogP contribution >= 0.6 is 0 Å². The number of hydrogen-bond acceptors (Lipinski definition) is 3. The van der Waals surface area contributed by atoms with Gasteiger partial charge in [-0.05, 0) is 31.2 Å².